The highest BCUT2D eigenvalue weighted by Gasteiger charge is 2.14. The molecule has 4 heteroatoms. The Hall–Kier alpha value is -3.14. The predicted octanol–water partition coefficient (Wildman–Crippen LogP) is 5.42. The van der Waals surface area contributed by atoms with Crippen molar-refractivity contribution in [1.29, 1.82) is 0 Å². The second-order valence-electron chi connectivity index (χ2n) is 7.05. The number of benzene rings is 2. The van der Waals surface area contributed by atoms with Crippen molar-refractivity contribution < 1.29 is 9.53 Å². The molecule has 0 fully saturated rings. The number of carbonyl (C=O) groups is 1. The standard InChI is InChI=1S/C22H22N2O2/c1-22(2,3)17-11-13-18(14-12-17)26-21-19(10-7-15-23-21)24-20(25)16-8-5-4-6-9-16/h4-15H,1-3H3,(H,24,25). The molecule has 4 nitrogen and oxygen atoms in total. The van der Waals surface area contributed by atoms with Crippen molar-refractivity contribution in [1.82, 2.24) is 4.98 Å². The van der Waals surface area contributed by atoms with Crippen LogP contribution in [0.5, 0.6) is 11.6 Å². The van der Waals surface area contributed by atoms with Gasteiger partial charge in [-0.15, -0.1) is 0 Å². The molecule has 1 heterocycles. The Morgan fingerprint density at radius 3 is 2.27 bits per heavy atom. The molecule has 0 saturated carbocycles. The summed E-state index contributed by atoms with van der Waals surface area (Å²) in [6, 6.07) is 20.5. The molecule has 0 bridgehead atoms. The minimum Gasteiger partial charge on any atom is -0.437 e. The lowest BCUT2D eigenvalue weighted by molar-refractivity contribution is 0.102. The van der Waals surface area contributed by atoms with Crippen LogP contribution in [-0.4, -0.2) is 10.9 Å². The molecule has 0 aliphatic carbocycles. The van der Waals surface area contributed by atoms with E-state index in [1.165, 1.54) is 5.56 Å². The molecule has 0 unspecified atom stereocenters. The largest absolute Gasteiger partial charge is 0.437 e. The lowest BCUT2D eigenvalue weighted by Crippen LogP contribution is -2.12. The van der Waals surface area contributed by atoms with Crippen LogP contribution in [-0.2, 0) is 5.41 Å². The average Bonchev–Trinajstić information content (AvgIpc) is 2.64. The number of nitrogens with one attached hydrogen (secondary N) is 1. The molecule has 0 aliphatic rings. The number of aromatic nitrogens is 1. The quantitative estimate of drug-likeness (QED) is 0.686. The van der Waals surface area contributed by atoms with Crippen LogP contribution in [0.3, 0.4) is 0 Å². The summed E-state index contributed by atoms with van der Waals surface area (Å²) in [5.41, 5.74) is 2.42. The van der Waals surface area contributed by atoms with Crippen molar-refractivity contribution >= 4 is 11.6 Å². The summed E-state index contributed by atoms with van der Waals surface area (Å²) in [5, 5.41) is 2.86. The third kappa shape index (κ3) is 4.28. The van der Waals surface area contributed by atoms with Crippen LogP contribution in [0.1, 0.15) is 36.7 Å². The maximum atomic E-state index is 12.4. The van der Waals surface area contributed by atoms with Crippen LogP contribution in [0.25, 0.3) is 0 Å². The van der Waals surface area contributed by atoms with Crippen molar-refractivity contribution in [2.45, 2.75) is 26.2 Å². The fraction of sp³-hybridized carbons (Fsp3) is 0.182. The summed E-state index contributed by atoms with van der Waals surface area (Å²) in [4.78, 5) is 16.6. The van der Waals surface area contributed by atoms with Crippen molar-refractivity contribution in [2.24, 2.45) is 0 Å². The zero-order valence-electron chi connectivity index (χ0n) is 15.2. The van der Waals surface area contributed by atoms with E-state index in [0.29, 0.717) is 22.9 Å². The van der Waals surface area contributed by atoms with E-state index in [4.69, 9.17) is 4.74 Å². The number of carbonyl (C=O) groups excluding carboxylic acids is 1. The fourth-order valence-corrected chi connectivity index (χ4v) is 2.49. The summed E-state index contributed by atoms with van der Waals surface area (Å²) in [6.45, 7) is 6.50. The smallest absolute Gasteiger partial charge is 0.255 e. The van der Waals surface area contributed by atoms with Gasteiger partial charge in [0.1, 0.15) is 11.4 Å². The Morgan fingerprint density at radius 2 is 1.62 bits per heavy atom. The molecule has 2 aromatic carbocycles. The van der Waals surface area contributed by atoms with Gasteiger partial charge >= 0.3 is 0 Å². The zero-order valence-corrected chi connectivity index (χ0v) is 15.2. The Bertz CT molecular complexity index is 882. The monoisotopic (exact) mass is 346 g/mol. The average molecular weight is 346 g/mol. The summed E-state index contributed by atoms with van der Waals surface area (Å²) >= 11 is 0. The summed E-state index contributed by atoms with van der Waals surface area (Å²) < 4.78 is 5.89. The van der Waals surface area contributed by atoms with Gasteiger partial charge in [0.15, 0.2) is 0 Å². The SMILES string of the molecule is CC(C)(C)c1ccc(Oc2ncccc2NC(=O)c2ccccc2)cc1. The van der Waals surface area contributed by atoms with E-state index in [1.807, 2.05) is 42.5 Å². The van der Waals surface area contributed by atoms with E-state index in [2.05, 4.69) is 31.1 Å². The van der Waals surface area contributed by atoms with E-state index < -0.39 is 0 Å². The molecule has 26 heavy (non-hydrogen) atoms. The van der Waals surface area contributed by atoms with Crippen molar-refractivity contribution in [2.75, 3.05) is 5.32 Å². The molecule has 3 aromatic rings. The van der Waals surface area contributed by atoms with Gasteiger partial charge in [-0.25, -0.2) is 4.98 Å². The van der Waals surface area contributed by atoms with Crippen molar-refractivity contribution in [3.05, 3.63) is 84.1 Å². The minimum absolute atomic E-state index is 0.0817. The Kier molecular flexibility index (Phi) is 5.03. The summed E-state index contributed by atoms with van der Waals surface area (Å²) in [5.74, 6) is 0.832. The maximum Gasteiger partial charge on any atom is 0.255 e. The first-order valence-corrected chi connectivity index (χ1v) is 8.53. The number of hydrogen-bond donors (Lipinski definition) is 1. The molecule has 1 N–H and O–H groups in total. The fourth-order valence-electron chi connectivity index (χ4n) is 2.49. The van der Waals surface area contributed by atoms with Gasteiger partial charge in [0, 0.05) is 11.8 Å². The Balaban J connectivity index is 1.78. The van der Waals surface area contributed by atoms with Gasteiger partial charge in [0.2, 0.25) is 5.88 Å². The van der Waals surface area contributed by atoms with Crippen LogP contribution >= 0.6 is 0 Å². The lowest BCUT2D eigenvalue weighted by atomic mass is 9.87. The number of pyridine rings is 1. The number of anilines is 1. The highest BCUT2D eigenvalue weighted by Crippen LogP contribution is 2.29. The third-order valence-corrected chi connectivity index (χ3v) is 3.99. The van der Waals surface area contributed by atoms with Crippen molar-refractivity contribution in [3.63, 3.8) is 0 Å². The van der Waals surface area contributed by atoms with Crippen LogP contribution in [0.15, 0.2) is 72.9 Å². The first-order chi connectivity index (χ1) is 12.4. The summed E-state index contributed by atoms with van der Waals surface area (Å²) in [6.07, 6.45) is 1.64. The lowest BCUT2D eigenvalue weighted by Gasteiger charge is -2.19. The molecule has 0 spiro atoms. The second kappa shape index (κ2) is 7.40. The number of rotatable bonds is 4. The van der Waals surface area contributed by atoms with Crippen LogP contribution in [0.2, 0.25) is 0 Å². The molecule has 1 amide bonds. The number of amides is 1. The van der Waals surface area contributed by atoms with E-state index in [0.717, 1.165) is 0 Å². The number of ether oxygens (including phenoxy) is 1. The molecular weight excluding hydrogens is 324 g/mol. The topological polar surface area (TPSA) is 51.2 Å². The first kappa shape index (κ1) is 17.7. The van der Waals surface area contributed by atoms with E-state index >= 15 is 0 Å². The molecule has 0 saturated heterocycles. The van der Waals surface area contributed by atoms with Gasteiger partial charge < -0.3 is 10.1 Å². The van der Waals surface area contributed by atoms with Gasteiger partial charge in [0.05, 0.1) is 0 Å². The maximum absolute atomic E-state index is 12.4. The molecule has 0 atom stereocenters. The van der Waals surface area contributed by atoms with Gasteiger partial charge in [-0.05, 0) is 47.4 Å². The number of nitrogens with zero attached hydrogens (tertiary/aromatic N) is 1. The predicted molar refractivity (Wildman–Crippen MR) is 104 cm³/mol. The first-order valence-electron chi connectivity index (χ1n) is 8.53. The highest BCUT2D eigenvalue weighted by molar-refractivity contribution is 6.04. The van der Waals surface area contributed by atoms with Crippen molar-refractivity contribution in [3.8, 4) is 11.6 Å². The second-order valence-corrected chi connectivity index (χ2v) is 7.05. The molecule has 1 aromatic heterocycles. The van der Waals surface area contributed by atoms with Crippen LogP contribution in [0, 0.1) is 0 Å². The molecular formula is C22H22N2O2. The van der Waals surface area contributed by atoms with E-state index in [9.17, 15) is 4.79 Å². The van der Waals surface area contributed by atoms with Gasteiger partial charge in [-0.1, -0.05) is 51.1 Å². The molecule has 0 aliphatic heterocycles. The summed E-state index contributed by atoms with van der Waals surface area (Å²) in [7, 11) is 0. The zero-order chi connectivity index (χ0) is 18.6. The van der Waals surface area contributed by atoms with E-state index in [1.54, 1.807) is 30.5 Å². The normalized spacial score (nSPS) is 11.0. The minimum atomic E-state index is -0.202. The van der Waals surface area contributed by atoms with Crippen LogP contribution < -0.4 is 10.1 Å². The third-order valence-electron chi connectivity index (χ3n) is 3.99. The molecule has 3 rings (SSSR count). The molecule has 132 valence electrons. The highest BCUT2D eigenvalue weighted by atomic mass is 16.5. The van der Waals surface area contributed by atoms with Crippen LogP contribution in [0.4, 0.5) is 5.69 Å². The molecule has 0 radical (unpaired) electrons. The van der Waals surface area contributed by atoms with Gasteiger partial charge in [-0.2, -0.15) is 0 Å². The Morgan fingerprint density at radius 1 is 0.923 bits per heavy atom. The van der Waals surface area contributed by atoms with Gasteiger partial charge in [0.25, 0.3) is 5.91 Å². The Labute approximate surface area is 153 Å². The van der Waals surface area contributed by atoms with E-state index in [-0.39, 0.29) is 11.3 Å². The number of hydrogen-bond acceptors (Lipinski definition) is 3. The van der Waals surface area contributed by atoms with Gasteiger partial charge in [-0.3, -0.25) is 4.79 Å².